The second-order valence-corrected chi connectivity index (χ2v) is 6.51. The summed E-state index contributed by atoms with van der Waals surface area (Å²) in [6, 6.07) is 0. The van der Waals surface area contributed by atoms with E-state index in [-0.39, 0.29) is 0 Å². The minimum Gasteiger partial charge on any atom is -0.0845 e. The van der Waals surface area contributed by atoms with Crippen LogP contribution in [0.5, 0.6) is 0 Å². The van der Waals surface area contributed by atoms with E-state index in [4.69, 9.17) is 0 Å². The molecule has 0 saturated carbocycles. The summed E-state index contributed by atoms with van der Waals surface area (Å²) in [5.74, 6) is 0. The van der Waals surface area contributed by atoms with Crippen LogP contribution in [0.2, 0.25) is 0 Å². The van der Waals surface area contributed by atoms with E-state index >= 15 is 0 Å². The quantitative estimate of drug-likeness (QED) is 0.423. The topological polar surface area (TPSA) is 0 Å². The van der Waals surface area contributed by atoms with Gasteiger partial charge in [0.05, 0.1) is 0 Å². The summed E-state index contributed by atoms with van der Waals surface area (Å²) in [4.78, 5) is 0. The fourth-order valence-electron chi connectivity index (χ4n) is 2.80. The molecule has 0 nitrogen and oxygen atoms in total. The van der Waals surface area contributed by atoms with Gasteiger partial charge in [-0.3, -0.25) is 0 Å². The zero-order valence-corrected chi connectivity index (χ0v) is 15.4. The van der Waals surface area contributed by atoms with Gasteiger partial charge in [0.15, 0.2) is 0 Å². The summed E-state index contributed by atoms with van der Waals surface area (Å²) in [6.07, 6.45) is 42.0. The van der Waals surface area contributed by atoms with Crippen LogP contribution in [0.3, 0.4) is 0 Å². The highest BCUT2D eigenvalue weighted by molar-refractivity contribution is 5.19. The predicted octanol–water partition coefficient (Wildman–Crippen LogP) is 8.02. The normalized spacial score (nSPS) is 26.7. The first-order chi connectivity index (χ1) is 12.0. The lowest BCUT2D eigenvalue weighted by Crippen LogP contribution is -1.82. The predicted molar refractivity (Wildman–Crippen MR) is 110 cm³/mol. The molecule has 0 aromatic carbocycles. The van der Waals surface area contributed by atoms with Crippen LogP contribution in [0, 0.1) is 0 Å². The van der Waals surface area contributed by atoms with Gasteiger partial charge in [-0.15, -0.1) is 0 Å². The van der Waals surface area contributed by atoms with Gasteiger partial charge in [-0.05, 0) is 25.7 Å². The van der Waals surface area contributed by atoms with E-state index in [0.29, 0.717) is 0 Å². The van der Waals surface area contributed by atoms with Gasteiger partial charge in [0.25, 0.3) is 0 Å². The van der Waals surface area contributed by atoms with Crippen LogP contribution in [0.15, 0.2) is 72.9 Å². The highest BCUT2D eigenvalue weighted by atomic mass is 14.0. The van der Waals surface area contributed by atoms with Crippen molar-refractivity contribution in [2.45, 2.75) is 77.0 Å². The van der Waals surface area contributed by atoms with Crippen molar-refractivity contribution in [2.75, 3.05) is 0 Å². The SMILES string of the molecule is C1=CCCCCCCCCCCCC/C=C/C=C/C=C/C=C/C=C\1. The molecule has 0 bridgehead atoms. The van der Waals surface area contributed by atoms with Crippen molar-refractivity contribution >= 4 is 0 Å². The molecule has 132 valence electrons. The Bertz CT molecular complexity index is 387. The first-order valence-electron chi connectivity index (χ1n) is 9.98. The Morgan fingerprint density at radius 2 is 0.500 bits per heavy atom. The van der Waals surface area contributed by atoms with Gasteiger partial charge in [-0.1, -0.05) is 124 Å². The van der Waals surface area contributed by atoms with Gasteiger partial charge < -0.3 is 0 Å². The Morgan fingerprint density at radius 1 is 0.250 bits per heavy atom. The molecular weight excluding hydrogens is 288 g/mol. The molecule has 0 fully saturated rings. The highest BCUT2D eigenvalue weighted by Crippen LogP contribution is 2.12. The number of allylic oxidation sites excluding steroid dienone is 12. The number of hydrogen-bond acceptors (Lipinski definition) is 0. The van der Waals surface area contributed by atoms with Gasteiger partial charge >= 0.3 is 0 Å². The minimum absolute atomic E-state index is 1.21. The van der Waals surface area contributed by atoms with Crippen LogP contribution < -0.4 is 0 Å². The summed E-state index contributed by atoms with van der Waals surface area (Å²) < 4.78 is 0. The average molecular weight is 325 g/mol. The van der Waals surface area contributed by atoms with Crippen LogP contribution in [0.4, 0.5) is 0 Å². The van der Waals surface area contributed by atoms with E-state index < -0.39 is 0 Å². The lowest BCUT2D eigenvalue weighted by Gasteiger charge is -2.01. The molecule has 0 unspecified atom stereocenters. The summed E-state index contributed by atoms with van der Waals surface area (Å²) in [5.41, 5.74) is 0. The lowest BCUT2D eigenvalue weighted by molar-refractivity contribution is 0.553. The molecule has 24 heavy (non-hydrogen) atoms. The van der Waals surface area contributed by atoms with Crippen molar-refractivity contribution in [2.24, 2.45) is 0 Å². The first kappa shape index (κ1) is 20.5. The van der Waals surface area contributed by atoms with Gasteiger partial charge in [0.2, 0.25) is 0 Å². The van der Waals surface area contributed by atoms with Crippen molar-refractivity contribution in [1.29, 1.82) is 0 Å². The summed E-state index contributed by atoms with van der Waals surface area (Å²) in [7, 11) is 0. The minimum atomic E-state index is 1.21. The van der Waals surface area contributed by atoms with Crippen LogP contribution >= 0.6 is 0 Å². The van der Waals surface area contributed by atoms with E-state index in [0.717, 1.165) is 0 Å². The molecule has 0 aromatic heterocycles. The maximum absolute atomic E-state index is 2.29. The Labute approximate surface area is 150 Å². The van der Waals surface area contributed by atoms with E-state index in [9.17, 15) is 0 Å². The van der Waals surface area contributed by atoms with Crippen molar-refractivity contribution in [3.8, 4) is 0 Å². The van der Waals surface area contributed by atoms with Gasteiger partial charge in [-0.2, -0.15) is 0 Å². The third kappa shape index (κ3) is 15.3. The summed E-state index contributed by atoms with van der Waals surface area (Å²) in [6.45, 7) is 0. The third-order valence-corrected chi connectivity index (χ3v) is 4.26. The van der Waals surface area contributed by atoms with Crippen molar-refractivity contribution in [1.82, 2.24) is 0 Å². The van der Waals surface area contributed by atoms with Crippen molar-refractivity contribution in [3.63, 3.8) is 0 Å². The molecule has 1 rings (SSSR count). The third-order valence-electron chi connectivity index (χ3n) is 4.26. The molecule has 0 amide bonds. The van der Waals surface area contributed by atoms with Crippen LogP contribution in [0.25, 0.3) is 0 Å². The zero-order chi connectivity index (χ0) is 17.0. The van der Waals surface area contributed by atoms with Crippen molar-refractivity contribution < 1.29 is 0 Å². The molecule has 0 aliphatic heterocycles. The fourth-order valence-corrected chi connectivity index (χ4v) is 2.80. The molecule has 0 radical (unpaired) electrons. The molecule has 0 heteroatoms. The zero-order valence-electron chi connectivity index (χ0n) is 15.4. The Morgan fingerprint density at radius 3 is 0.833 bits per heavy atom. The maximum atomic E-state index is 2.29. The van der Waals surface area contributed by atoms with Crippen LogP contribution in [-0.2, 0) is 0 Å². The van der Waals surface area contributed by atoms with Gasteiger partial charge in [0, 0.05) is 0 Å². The Kier molecular flexibility index (Phi) is 15.2. The lowest BCUT2D eigenvalue weighted by atomic mass is 10.0. The molecule has 0 aromatic rings. The number of rotatable bonds is 0. The van der Waals surface area contributed by atoms with E-state index in [1.807, 2.05) is 0 Å². The molecule has 0 saturated heterocycles. The molecular formula is C24H36. The second-order valence-electron chi connectivity index (χ2n) is 6.51. The number of hydrogen-bond donors (Lipinski definition) is 0. The standard InChI is InChI=1S/C24H36/c1-2-4-6-8-10-12-14-16-18-20-22-24-23-21-19-17-15-13-11-9-7-5-3-1/h1-12H,13-24H2/b3-1+,4-2+,7-5-,8-6+,11-9?,12-10+. The van der Waals surface area contributed by atoms with Crippen LogP contribution in [0.1, 0.15) is 77.0 Å². The molecule has 0 heterocycles. The molecule has 0 atom stereocenters. The molecule has 1 aliphatic rings. The Balaban J connectivity index is 2.31. The van der Waals surface area contributed by atoms with E-state index in [1.54, 1.807) is 0 Å². The fraction of sp³-hybridized carbons (Fsp3) is 0.500. The van der Waals surface area contributed by atoms with Gasteiger partial charge in [0.1, 0.15) is 0 Å². The van der Waals surface area contributed by atoms with Crippen molar-refractivity contribution in [3.05, 3.63) is 72.9 Å². The van der Waals surface area contributed by atoms with Crippen LogP contribution in [-0.4, -0.2) is 0 Å². The molecule has 1 aliphatic carbocycles. The molecule has 0 N–H and O–H groups in total. The maximum Gasteiger partial charge on any atom is -0.0348 e. The second kappa shape index (κ2) is 17.8. The highest BCUT2D eigenvalue weighted by Gasteiger charge is 1.92. The van der Waals surface area contributed by atoms with E-state index in [2.05, 4.69) is 72.9 Å². The Hall–Kier alpha value is -1.56. The first-order valence-corrected chi connectivity index (χ1v) is 9.98. The largest absolute Gasteiger partial charge is 0.0845 e. The smallest absolute Gasteiger partial charge is 0.0348 e. The van der Waals surface area contributed by atoms with E-state index in [1.165, 1.54) is 77.0 Å². The van der Waals surface area contributed by atoms with Gasteiger partial charge in [-0.25, -0.2) is 0 Å². The molecule has 0 spiro atoms. The average Bonchev–Trinajstić information content (AvgIpc) is 2.59. The summed E-state index contributed by atoms with van der Waals surface area (Å²) in [5, 5.41) is 0. The summed E-state index contributed by atoms with van der Waals surface area (Å²) >= 11 is 0. The monoisotopic (exact) mass is 324 g/mol.